The Balaban J connectivity index is 1.54. The van der Waals surface area contributed by atoms with Crippen LogP contribution in [0.5, 0.6) is 0 Å². The second kappa shape index (κ2) is 9.39. The molecule has 3 aromatic rings. The van der Waals surface area contributed by atoms with E-state index in [-0.39, 0.29) is 23.9 Å². The normalized spacial score (nSPS) is 24.4. The van der Waals surface area contributed by atoms with Gasteiger partial charge < -0.3 is 10.6 Å². The summed E-state index contributed by atoms with van der Waals surface area (Å²) < 4.78 is 0. The highest BCUT2D eigenvalue weighted by Crippen LogP contribution is 2.42. The molecule has 3 fully saturated rings. The van der Waals surface area contributed by atoms with Crippen LogP contribution in [0.2, 0.25) is 0 Å². The summed E-state index contributed by atoms with van der Waals surface area (Å²) in [5.41, 5.74) is 2.96. The largest absolute Gasteiger partial charge is 0.344 e. The molecule has 2 N–H and O–H groups in total. The number of carbonyl (C=O) groups is 2. The van der Waals surface area contributed by atoms with Crippen molar-refractivity contribution in [2.45, 2.75) is 31.8 Å². The van der Waals surface area contributed by atoms with Crippen molar-refractivity contribution in [3.63, 3.8) is 0 Å². The van der Waals surface area contributed by atoms with Crippen molar-refractivity contribution >= 4 is 28.4 Å². The Morgan fingerprint density at radius 3 is 2.71 bits per heavy atom. The summed E-state index contributed by atoms with van der Waals surface area (Å²) in [6.07, 6.45) is 6.08. The van der Waals surface area contributed by atoms with E-state index in [1.807, 2.05) is 42.6 Å². The van der Waals surface area contributed by atoms with Gasteiger partial charge in [-0.2, -0.15) is 0 Å². The number of hydrogen-bond donors (Lipinski definition) is 2. The quantitative estimate of drug-likeness (QED) is 0.536. The van der Waals surface area contributed by atoms with E-state index < -0.39 is 0 Å². The van der Waals surface area contributed by atoms with Gasteiger partial charge in [0, 0.05) is 31.1 Å². The number of rotatable bonds is 6. The molecule has 6 rings (SSSR count). The smallest absolute Gasteiger partial charge is 0.253 e. The molecule has 4 heterocycles. The monoisotopic (exact) mass is 454 g/mol. The lowest BCUT2D eigenvalue weighted by Crippen LogP contribution is -2.57. The highest BCUT2D eigenvalue weighted by atomic mass is 16.2. The molecule has 5 atom stereocenters. The summed E-state index contributed by atoms with van der Waals surface area (Å²) >= 11 is 0. The third kappa shape index (κ3) is 4.21. The zero-order valence-electron chi connectivity index (χ0n) is 19.4. The predicted molar refractivity (Wildman–Crippen MR) is 134 cm³/mol. The number of aromatic nitrogens is 1. The van der Waals surface area contributed by atoms with Crippen LogP contribution in [0.3, 0.4) is 0 Å². The van der Waals surface area contributed by atoms with Gasteiger partial charge >= 0.3 is 0 Å². The van der Waals surface area contributed by atoms with Gasteiger partial charge in [-0.05, 0) is 61.1 Å². The number of nitrogens with zero attached hydrogens (tertiary/aromatic N) is 2. The molecule has 0 radical (unpaired) electrons. The van der Waals surface area contributed by atoms with Gasteiger partial charge in [-0.25, -0.2) is 0 Å². The molecular weight excluding hydrogens is 424 g/mol. The molecule has 2 bridgehead atoms. The summed E-state index contributed by atoms with van der Waals surface area (Å²) in [7, 11) is 0. The molecule has 3 saturated heterocycles. The van der Waals surface area contributed by atoms with E-state index in [2.05, 4.69) is 39.2 Å². The molecule has 2 amide bonds. The van der Waals surface area contributed by atoms with Crippen LogP contribution in [0, 0.1) is 11.8 Å². The van der Waals surface area contributed by atoms with Crippen molar-refractivity contribution in [2.24, 2.45) is 11.8 Å². The molecule has 34 heavy (non-hydrogen) atoms. The first kappa shape index (κ1) is 22.3. The Morgan fingerprint density at radius 2 is 1.94 bits per heavy atom. The summed E-state index contributed by atoms with van der Waals surface area (Å²) in [5, 5.41) is 7.19. The Labute approximate surface area is 200 Å². The molecule has 0 spiro atoms. The molecule has 6 nitrogen and oxygen atoms in total. The lowest BCUT2D eigenvalue weighted by Gasteiger charge is -2.51. The van der Waals surface area contributed by atoms with Crippen LogP contribution in [0.15, 0.2) is 73.4 Å². The van der Waals surface area contributed by atoms with Crippen LogP contribution in [-0.4, -0.2) is 40.8 Å². The van der Waals surface area contributed by atoms with E-state index in [0.29, 0.717) is 23.1 Å². The fourth-order valence-electron chi connectivity index (χ4n) is 5.69. The Bertz CT molecular complexity index is 1230. The molecule has 3 aliphatic heterocycles. The minimum absolute atomic E-state index is 0.178. The lowest BCUT2D eigenvalue weighted by molar-refractivity contribution is -0.114. The van der Waals surface area contributed by atoms with E-state index in [1.165, 1.54) is 6.92 Å². The zero-order chi connectivity index (χ0) is 23.7. The van der Waals surface area contributed by atoms with Crippen LogP contribution >= 0.6 is 0 Å². The number of amides is 2. The number of benzene rings is 2. The molecule has 174 valence electrons. The van der Waals surface area contributed by atoms with Crippen LogP contribution < -0.4 is 10.6 Å². The van der Waals surface area contributed by atoms with Gasteiger partial charge in [-0.1, -0.05) is 36.4 Å². The van der Waals surface area contributed by atoms with E-state index in [9.17, 15) is 9.59 Å². The van der Waals surface area contributed by atoms with Gasteiger partial charge in [0.1, 0.15) is 0 Å². The molecule has 6 heteroatoms. The second-order valence-electron chi connectivity index (χ2n) is 9.34. The molecule has 1 unspecified atom stereocenters. The molecule has 1 aromatic heterocycles. The van der Waals surface area contributed by atoms with Crippen LogP contribution in [0.25, 0.3) is 10.9 Å². The van der Waals surface area contributed by atoms with Crippen molar-refractivity contribution in [3.8, 4) is 0 Å². The fourth-order valence-corrected chi connectivity index (χ4v) is 5.69. The van der Waals surface area contributed by atoms with Crippen LogP contribution in [-0.2, 0) is 4.79 Å². The first-order valence-electron chi connectivity index (χ1n) is 11.9. The van der Waals surface area contributed by atoms with Crippen molar-refractivity contribution in [2.75, 3.05) is 18.4 Å². The highest BCUT2D eigenvalue weighted by molar-refractivity contribution is 6.03. The average Bonchev–Trinajstić information content (AvgIpc) is 2.87. The molecule has 0 aliphatic carbocycles. The van der Waals surface area contributed by atoms with Crippen molar-refractivity contribution in [3.05, 3.63) is 84.6 Å². The summed E-state index contributed by atoms with van der Waals surface area (Å²) in [6.45, 7) is 7.50. The Hall–Kier alpha value is -3.51. The number of anilines is 1. The van der Waals surface area contributed by atoms with E-state index >= 15 is 0 Å². The van der Waals surface area contributed by atoms with Gasteiger partial charge in [0.05, 0.1) is 22.8 Å². The molecular formula is C28H30N4O2. The third-order valence-electron chi connectivity index (χ3n) is 7.33. The molecule has 3 aliphatic rings. The number of hydrogen-bond acceptors (Lipinski definition) is 4. The van der Waals surface area contributed by atoms with Gasteiger partial charge in [0.25, 0.3) is 5.91 Å². The van der Waals surface area contributed by atoms with Gasteiger partial charge in [-0.3, -0.25) is 19.5 Å². The van der Waals surface area contributed by atoms with Crippen molar-refractivity contribution in [1.82, 2.24) is 15.2 Å². The summed E-state index contributed by atoms with van der Waals surface area (Å²) in [4.78, 5) is 32.4. The van der Waals surface area contributed by atoms with Crippen molar-refractivity contribution in [1.29, 1.82) is 0 Å². The minimum atomic E-state index is -0.209. The van der Waals surface area contributed by atoms with Crippen LogP contribution in [0.4, 0.5) is 5.69 Å². The van der Waals surface area contributed by atoms with Gasteiger partial charge in [-0.15, -0.1) is 6.58 Å². The minimum Gasteiger partial charge on any atom is -0.344 e. The maximum Gasteiger partial charge on any atom is 0.253 e. The lowest BCUT2D eigenvalue weighted by atomic mass is 9.73. The Morgan fingerprint density at radius 1 is 1.15 bits per heavy atom. The number of carbonyl (C=O) groups excluding carboxylic acids is 2. The number of fused-ring (bicyclic) bond motifs is 4. The summed E-state index contributed by atoms with van der Waals surface area (Å²) in [6, 6.07) is 17.2. The SMILES string of the molecule is C=C[C@H]1CN2CC[C@H]1C[C@@H]2[C@@H](NC(=O)c1ccccc1NC(C)=O)c1ccnc2ccccc12. The predicted octanol–water partition coefficient (Wildman–Crippen LogP) is 4.56. The topological polar surface area (TPSA) is 74.3 Å². The summed E-state index contributed by atoms with van der Waals surface area (Å²) in [5.74, 6) is 0.670. The Kier molecular flexibility index (Phi) is 6.16. The number of pyridine rings is 1. The van der Waals surface area contributed by atoms with E-state index in [0.717, 1.165) is 42.4 Å². The first-order valence-corrected chi connectivity index (χ1v) is 11.9. The van der Waals surface area contributed by atoms with Gasteiger partial charge in [0.15, 0.2) is 0 Å². The second-order valence-corrected chi connectivity index (χ2v) is 9.34. The molecule has 2 aromatic carbocycles. The molecule has 0 saturated carbocycles. The maximum atomic E-state index is 13.6. The standard InChI is InChI=1S/C28H30N4O2/c1-3-19-17-32-15-13-20(19)16-26(32)27(22-12-14-29-24-10-6-4-8-21(22)24)31-28(34)23-9-5-7-11-25(23)30-18(2)33/h3-12,14,19-20,26-27H,1,13,15-17H2,2H3,(H,30,33)(H,31,34)/t19-,20-,26+,27-/m0/s1. The number of nitrogens with one attached hydrogen (secondary N) is 2. The first-order chi connectivity index (χ1) is 16.5. The van der Waals surface area contributed by atoms with E-state index in [1.54, 1.807) is 12.1 Å². The van der Waals surface area contributed by atoms with E-state index in [4.69, 9.17) is 0 Å². The third-order valence-corrected chi connectivity index (χ3v) is 7.33. The van der Waals surface area contributed by atoms with Crippen LogP contribution in [0.1, 0.15) is 41.7 Å². The fraction of sp³-hybridized carbons (Fsp3) is 0.321. The van der Waals surface area contributed by atoms with Crippen molar-refractivity contribution < 1.29 is 9.59 Å². The zero-order valence-corrected chi connectivity index (χ0v) is 19.4. The number of piperidine rings is 3. The highest BCUT2D eigenvalue weighted by Gasteiger charge is 2.43. The number of para-hydroxylation sites is 2. The average molecular weight is 455 g/mol. The van der Waals surface area contributed by atoms with Gasteiger partial charge in [0.2, 0.25) is 5.91 Å². The maximum absolute atomic E-state index is 13.6.